The van der Waals surface area contributed by atoms with E-state index in [4.69, 9.17) is 9.72 Å². The lowest BCUT2D eigenvalue weighted by Gasteiger charge is -2.56. The average Bonchev–Trinajstić information content (AvgIpc) is 3.28. The number of rotatable bonds is 8. The van der Waals surface area contributed by atoms with Crippen LogP contribution in [0.1, 0.15) is 46.1 Å². The molecule has 8 nitrogen and oxygen atoms in total. The van der Waals surface area contributed by atoms with Crippen molar-refractivity contribution in [2.24, 2.45) is 0 Å². The average molecular weight is 493 g/mol. The van der Waals surface area contributed by atoms with Gasteiger partial charge < -0.3 is 14.7 Å². The van der Waals surface area contributed by atoms with E-state index in [0.717, 1.165) is 35.6 Å². The van der Waals surface area contributed by atoms with Crippen molar-refractivity contribution in [3.8, 4) is 22.9 Å². The van der Waals surface area contributed by atoms with Crippen LogP contribution in [0.4, 0.5) is 5.82 Å². The van der Waals surface area contributed by atoms with Crippen LogP contribution in [0.3, 0.4) is 0 Å². The third-order valence-electron chi connectivity index (χ3n) is 6.68. The molecule has 3 unspecified atom stereocenters. The zero-order chi connectivity index (χ0) is 24.7. The number of hydrogen-bond donors (Lipinski definition) is 1. The maximum Gasteiger partial charge on any atom is 0.138 e. The lowest BCUT2D eigenvalue weighted by atomic mass is 9.91. The highest BCUT2D eigenvalue weighted by molar-refractivity contribution is 7.97. The zero-order valence-corrected chi connectivity index (χ0v) is 21.5. The fraction of sp³-hybridized carbons (Fsp3) is 0.500. The van der Waals surface area contributed by atoms with Crippen molar-refractivity contribution in [1.29, 1.82) is 5.26 Å². The van der Waals surface area contributed by atoms with Gasteiger partial charge in [0.05, 0.1) is 29.1 Å². The van der Waals surface area contributed by atoms with Crippen LogP contribution in [-0.2, 0) is 0 Å². The van der Waals surface area contributed by atoms with Crippen molar-refractivity contribution >= 4 is 23.3 Å². The first-order valence-electron chi connectivity index (χ1n) is 12.2. The van der Waals surface area contributed by atoms with Crippen LogP contribution < -0.4 is 9.64 Å². The first-order valence-corrected chi connectivity index (χ1v) is 13.0. The fourth-order valence-corrected chi connectivity index (χ4v) is 5.90. The summed E-state index contributed by atoms with van der Waals surface area (Å²) in [6.45, 7) is 10.1. The van der Waals surface area contributed by atoms with Crippen molar-refractivity contribution < 1.29 is 9.84 Å². The minimum atomic E-state index is -0.960. The molecule has 3 aliphatic rings. The van der Waals surface area contributed by atoms with Crippen LogP contribution in [0.2, 0.25) is 0 Å². The number of piperazine rings is 1. The Hall–Kier alpha value is -2.80. The van der Waals surface area contributed by atoms with Gasteiger partial charge in [0.2, 0.25) is 0 Å². The number of piperidine rings is 1. The van der Waals surface area contributed by atoms with Crippen LogP contribution in [0, 0.1) is 11.3 Å². The van der Waals surface area contributed by atoms with E-state index >= 15 is 0 Å². The van der Waals surface area contributed by atoms with Crippen molar-refractivity contribution in [2.75, 3.05) is 24.6 Å². The van der Waals surface area contributed by atoms with E-state index < -0.39 is 5.60 Å². The van der Waals surface area contributed by atoms with Gasteiger partial charge in [-0.15, -0.1) is 0 Å². The Kier molecular flexibility index (Phi) is 6.38. The Balaban J connectivity index is 1.38. The van der Waals surface area contributed by atoms with Crippen LogP contribution in [0.5, 0.6) is 5.75 Å². The zero-order valence-electron chi connectivity index (χ0n) is 20.7. The lowest BCUT2D eigenvalue weighted by Crippen LogP contribution is -2.66. The maximum absolute atomic E-state index is 10.1. The number of pyridine rings is 2. The maximum atomic E-state index is 10.1. The molecule has 1 N–H and O–H groups in total. The van der Waals surface area contributed by atoms with Gasteiger partial charge in [-0.25, -0.2) is 13.8 Å². The monoisotopic (exact) mass is 492 g/mol. The molecule has 3 aromatic rings. The van der Waals surface area contributed by atoms with Gasteiger partial charge in [0.1, 0.15) is 24.2 Å². The number of nitrogens with zero attached hydrogens (tertiary/aromatic N) is 6. The molecule has 0 radical (unpaired) electrons. The smallest absolute Gasteiger partial charge is 0.138 e. The van der Waals surface area contributed by atoms with Crippen molar-refractivity contribution in [3.05, 3.63) is 42.4 Å². The predicted octanol–water partition coefficient (Wildman–Crippen LogP) is 4.13. The molecule has 35 heavy (non-hydrogen) atoms. The Bertz CT molecular complexity index is 1230. The number of hydrogen-bond acceptors (Lipinski definition) is 8. The Morgan fingerprint density at radius 1 is 1.29 bits per heavy atom. The molecule has 6 rings (SSSR count). The van der Waals surface area contributed by atoms with E-state index in [1.807, 2.05) is 24.2 Å². The van der Waals surface area contributed by atoms with Gasteiger partial charge in [-0.2, -0.15) is 10.4 Å². The summed E-state index contributed by atoms with van der Waals surface area (Å²) < 4.78 is 10.1. The number of ether oxygens (including phenoxy) is 1. The van der Waals surface area contributed by atoms with E-state index in [-0.39, 0.29) is 6.61 Å². The van der Waals surface area contributed by atoms with Crippen LogP contribution >= 0.6 is 11.9 Å². The standard InChI is InChI=1S/C26H32N6O2S/c1-5-17(2)35-32-20-8-21(32)14-30(13-20)24-7-6-18(11-28-24)23-9-22(34-16-26(3,4)33)15-31-25(23)19(10-27)12-29-31/h6-7,9,11-12,15,17,20-21,33H,5,8,13-14,16H2,1-4H3. The first kappa shape index (κ1) is 23.9. The molecule has 3 atom stereocenters. The fourth-order valence-electron chi connectivity index (χ4n) is 4.69. The summed E-state index contributed by atoms with van der Waals surface area (Å²) >= 11 is 2.01. The SMILES string of the molecule is CCC(C)SN1C2CC1CN(c1ccc(-c3cc(OCC(C)(C)O)cn4ncc(C#N)c34)cn1)C2. The highest BCUT2D eigenvalue weighted by Gasteiger charge is 2.45. The second-order valence-corrected chi connectivity index (χ2v) is 11.6. The number of aliphatic hydroxyl groups is 1. The van der Waals surface area contributed by atoms with Crippen LogP contribution in [-0.4, -0.2) is 66.6 Å². The van der Waals surface area contributed by atoms with Gasteiger partial charge >= 0.3 is 0 Å². The molecular formula is C26H32N6O2S. The number of anilines is 1. The summed E-state index contributed by atoms with van der Waals surface area (Å²) in [6.07, 6.45) is 7.62. The molecule has 3 saturated heterocycles. The first-order chi connectivity index (χ1) is 16.8. The molecule has 0 aliphatic carbocycles. The van der Waals surface area contributed by atoms with Crippen molar-refractivity contribution in [1.82, 2.24) is 18.9 Å². The van der Waals surface area contributed by atoms with Crippen molar-refractivity contribution in [2.45, 2.75) is 63.5 Å². The summed E-state index contributed by atoms with van der Waals surface area (Å²) in [5.74, 6) is 1.55. The molecule has 3 aromatic heterocycles. The molecule has 0 spiro atoms. The minimum absolute atomic E-state index is 0.144. The Labute approximate surface area is 210 Å². The topological polar surface area (TPSA) is 89.9 Å². The molecule has 0 aromatic carbocycles. The molecular weight excluding hydrogens is 460 g/mol. The van der Waals surface area contributed by atoms with Gasteiger partial charge in [-0.05, 0) is 44.9 Å². The van der Waals surface area contributed by atoms with Gasteiger partial charge in [-0.1, -0.05) is 25.8 Å². The normalized spacial score (nSPS) is 21.0. The summed E-state index contributed by atoms with van der Waals surface area (Å²) in [5.41, 5.74) is 1.96. The van der Waals surface area contributed by atoms with E-state index in [1.165, 1.54) is 12.8 Å². The number of fused-ring (bicyclic) bond motifs is 3. The molecule has 184 valence electrons. The number of nitriles is 1. The molecule has 3 fully saturated rings. The molecule has 2 bridgehead atoms. The van der Waals surface area contributed by atoms with Gasteiger partial charge in [0.15, 0.2) is 0 Å². The number of aromatic nitrogens is 3. The molecule has 0 amide bonds. The van der Waals surface area contributed by atoms with E-state index in [9.17, 15) is 10.4 Å². The third-order valence-corrected chi connectivity index (χ3v) is 8.22. The molecule has 0 saturated carbocycles. The summed E-state index contributed by atoms with van der Waals surface area (Å²) in [7, 11) is 0. The van der Waals surface area contributed by atoms with Gasteiger partial charge in [0, 0.05) is 47.7 Å². The Morgan fingerprint density at radius 3 is 2.69 bits per heavy atom. The third kappa shape index (κ3) is 4.83. The highest BCUT2D eigenvalue weighted by atomic mass is 32.2. The van der Waals surface area contributed by atoms with E-state index in [0.29, 0.717) is 28.6 Å². The second kappa shape index (κ2) is 9.34. The van der Waals surface area contributed by atoms with Gasteiger partial charge in [-0.3, -0.25) is 0 Å². The van der Waals surface area contributed by atoms with E-state index in [1.54, 1.807) is 30.8 Å². The quantitative estimate of drug-likeness (QED) is 0.470. The van der Waals surface area contributed by atoms with Crippen LogP contribution in [0.25, 0.3) is 16.6 Å². The summed E-state index contributed by atoms with van der Waals surface area (Å²) in [4.78, 5) is 7.19. The summed E-state index contributed by atoms with van der Waals surface area (Å²) in [5, 5.41) is 24.7. The molecule has 9 heteroatoms. The second-order valence-electron chi connectivity index (χ2n) is 10.2. The minimum Gasteiger partial charge on any atom is -0.489 e. The van der Waals surface area contributed by atoms with Crippen molar-refractivity contribution in [3.63, 3.8) is 0 Å². The summed E-state index contributed by atoms with van der Waals surface area (Å²) in [6, 6.07) is 9.41. The van der Waals surface area contributed by atoms with E-state index in [2.05, 4.69) is 46.4 Å². The van der Waals surface area contributed by atoms with Crippen LogP contribution in [0.15, 0.2) is 36.8 Å². The largest absolute Gasteiger partial charge is 0.489 e. The Morgan fingerprint density at radius 2 is 2.06 bits per heavy atom. The molecule has 3 aliphatic heterocycles. The predicted molar refractivity (Wildman–Crippen MR) is 139 cm³/mol. The lowest BCUT2D eigenvalue weighted by molar-refractivity contribution is 0.0283. The highest BCUT2D eigenvalue weighted by Crippen LogP contribution is 2.41. The van der Waals surface area contributed by atoms with Gasteiger partial charge in [0.25, 0.3) is 0 Å². The molecule has 6 heterocycles.